The van der Waals surface area contributed by atoms with Crippen molar-refractivity contribution in [3.05, 3.63) is 39.9 Å². The van der Waals surface area contributed by atoms with Gasteiger partial charge in [-0.2, -0.15) is 11.8 Å². The maximum atomic E-state index is 11.6. The molecule has 1 aromatic carbocycles. The third kappa shape index (κ3) is 3.66. The van der Waals surface area contributed by atoms with Crippen molar-refractivity contribution < 1.29 is 9.72 Å². The summed E-state index contributed by atoms with van der Waals surface area (Å²) in [5.41, 5.74) is 0.534. The van der Waals surface area contributed by atoms with Crippen molar-refractivity contribution in [3.8, 4) is 0 Å². The summed E-state index contributed by atoms with van der Waals surface area (Å²) in [5, 5.41) is 10.8. The molecular weight excluding hydrogens is 226 g/mol. The third-order valence-corrected chi connectivity index (χ3v) is 3.04. The van der Waals surface area contributed by atoms with Crippen LogP contribution in [0, 0.1) is 10.1 Å². The summed E-state index contributed by atoms with van der Waals surface area (Å²) < 4.78 is 0. The van der Waals surface area contributed by atoms with Gasteiger partial charge in [-0.1, -0.05) is 13.8 Å². The summed E-state index contributed by atoms with van der Waals surface area (Å²) in [4.78, 5) is 21.6. The van der Waals surface area contributed by atoms with Crippen molar-refractivity contribution in [2.75, 3.05) is 5.75 Å². The van der Waals surface area contributed by atoms with Gasteiger partial charge in [0.05, 0.1) is 10.7 Å². The molecule has 0 N–H and O–H groups in total. The third-order valence-electron chi connectivity index (χ3n) is 1.95. The van der Waals surface area contributed by atoms with Gasteiger partial charge in [-0.15, -0.1) is 0 Å². The quantitative estimate of drug-likeness (QED) is 0.450. The molecular formula is C11H13NO3S. The second kappa shape index (κ2) is 5.65. The first-order valence-electron chi connectivity index (χ1n) is 4.90. The van der Waals surface area contributed by atoms with Crippen LogP contribution in [0.5, 0.6) is 0 Å². The van der Waals surface area contributed by atoms with Crippen molar-refractivity contribution in [1.82, 2.24) is 0 Å². The lowest BCUT2D eigenvalue weighted by molar-refractivity contribution is -0.384. The van der Waals surface area contributed by atoms with E-state index < -0.39 is 4.92 Å². The summed E-state index contributed by atoms with van der Waals surface area (Å²) in [6, 6.07) is 5.71. The predicted octanol–water partition coefficient (Wildman–Crippen LogP) is 2.92. The van der Waals surface area contributed by atoms with Crippen LogP contribution in [-0.2, 0) is 0 Å². The van der Waals surface area contributed by atoms with Crippen molar-refractivity contribution in [3.63, 3.8) is 0 Å². The molecule has 1 rings (SSSR count). The highest BCUT2D eigenvalue weighted by Gasteiger charge is 2.10. The molecule has 4 nitrogen and oxygen atoms in total. The van der Waals surface area contributed by atoms with Crippen molar-refractivity contribution in [1.29, 1.82) is 0 Å². The zero-order chi connectivity index (χ0) is 12.1. The highest BCUT2D eigenvalue weighted by molar-refractivity contribution is 8.00. The number of nitro benzene ring substituents is 1. The molecule has 0 bridgehead atoms. The Kier molecular flexibility index (Phi) is 4.49. The molecule has 0 aliphatic heterocycles. The second-order valence-corrected chi connectivity index (χ2v) is 5.15. The minimum absolute atomic E-state index is 0.00747. The zero-order valence-corrected chi connectivity index (χ0v) is 9.99. The van der Waals surface area contributed by atoms with Crippen LogP contribution in [0.2, 0.25) is 0 Å². The van der Waals surface area contributed by atoms with Crippen LogP contribution < -0.4 is 0 Å². The van der Waals surface area contributed by atoms with Crippen LogP contribution in [-0.4, -0.2) is 21.7 Å². The molecule has 0 saturated carbocycles. The van der Waals surface area contributed by atoms with Gasteiger partial charge in [0.25, 0.3) is 5.69 Å². The maximum Gasteiger partial charge on any atom is 0.269 e. The minimum atomic E-state index is -0.475. The number of non-ortho nitro benzene ring substituents is 1. The molecule has 0 saturated heterocycles. The topological polar surface area (TPSA) is 60.2 Å². The number of nitro groups is 1. The average Bonchev–Trinajstić information content (AvgIpc) is 2.26. The number of benzene rings is 1. The Morgan fingerprint density at radius 1 is 1.38 bits per heavy atom. The summed E-state index contributed by atoms with van der Waals surface area (Å²) >= 11 is 1.56. The standard InChI is InChI=1S/C11H13NO3S/c1-8(2)16-7-11(13)9-3-5-10(6-4-9)12(14)15/h3-6,8H,7H2,1-2H3. The molecule has 16 heavy (non-hydrogen) atoms. The second-order valence-electron chi connectivity index (χ2n) is 3.59. The van der Waals surface area contributed by atoms with E-state index in [0.717, 1.165) is 0 Å². The Bertz CT molecular complexity index is 387. The summed E-state index contributed by atoms with van der Waals surface area (Å²) in [7, 11) is 0. The lowest BCUT2D eigenvalue weighted by Crippen LogP contribution is -2.04. The molecule has 5 heteroatoms. The Labute approximate surface area is 98.2 Å². The van der Waals surface area contributed by atoms with Gasteiger partial charge in [0, 0.05) is 17.7 Å². The van der Waals surface area contributed by atoms with Gasteiger partial charge in [0.15, 0.2) is 5.78 Å². The first-order valence-corrected chi connectivity index (χ1v) is 5.95. The monoisotopic (exact) mass is 239 g/mol. The van der Waals surface area contributed by atoms with E-state index in [2.05, 4.69) is 0 Å². The fourth-order valence-corrected chi connectivity index (χ4v) is 1.75. The predicted molar refractivity (Wildman–Crippen MR) is 65.0 cm³/mol. The van der Waals surface area contributed by atoms with Gasteiger partial charge >= 0.3 is 0 Å². The molecule has 0 amide bonds. The number of Topliss-reactive ketones (excluding diaryl/α,β-unsaturated/α-hetero) is 1. The van der Waals surface area contributed by atoms with E-state index in [1.807, 2.05) is 13.8 Å². The molecule has 0 aliphatic rings. The van der Waals surface area contributed by atoms with E-state index in [9.17, 15) is 14.9 Å². The van der Waals surface area contributed by atoms with Crippen LogP contribution in [0.15, 0.2) is 24.3 Å². The minimum Gasteiger partial charge on any atom is -0.293 e. The van der Waals surface area contributed by atoms with Crippen LogP contribution >= 0.6 is 11.8 Å². The number of ketones is 1. The first-order chi connectivity index (χ1) is 7.50. The van der Waals surface area contributed by atoms with E-state index >= 15 is 0 Å². The van der Waals surface area contributed by atoms with Gasteiger partial charge in [-0.3, -0.25) is 14.9 Å². The van der Waals surface area contributed by atoms with Crippen LogP contribution in [0.25, 0.3) is 0 Å². The Morgan fingerprint density at radius 2 is 1.94 bits per heavy atom. The van der Waals surface area contributed by atoms with Gasteiger partial charge in [-0.05, 0) is 17.4 Å². The molecule has 0 heterocycles. The van der Waals surface area contributed by atoms with E-state index in [4.69, 9.17) is 0 Å². The van der Waals surface area contributed by atoms with Crippen molar-refractivity contribution in [2.24, 2.45) is 0 Å². The van der Waals surface area contributed by atoms with Gasteiger partial charge in [0.2, 0.25) is 0 Å². The van der Waals surface area contributed by atoms with Crippen molar-refractivity contribution in [2.45, 2.75) is 19.1 Å². The number of rotatable bonds is 5. The molecule has 0 aromatic heterocycles. The van der Waals surface area contributed by atoms with Crippen LogP contribution in [0.1, 0.15) is 24.2 Å². The van der Waals surface area contributed by atoms with E-state index in [0.29, 0.717) is 16.6 Å². The molecule has 0 aliphatic carbocycles. The Morgan fingerprint density at radius 3 is 2.38 bits per heavy atom. The van der Waals surface area contributed by atoms with Gasteiger partial charge < -0.3 is 0 Å². The Hall–Kier alpha value is -1.36. The van der Waals surface area contributed by atoms with Crippen molar-refractivity contribution >= 4 is 23.2 Å². The largest absolute Gasteiger partial charge is 0.293 e. The first kappa shape index (κ1) is 12.7. The smallest absolute Gasteiger partial charge is 0.269 e. The molecule has 0 atom stereocenters. The number of carbonyl (C=O) groups is 1. The average molecular weight is 239 g/mol. The highest BCUT2D eigenvalue weighted by atomic mass is 32.2. The van der Waals surface area contributed by atoms with E-state index in [-0.39, 0.29) is 11.5 Å². The highest BCUT2D eigenvalue weighted by Crippen LogP contribution is 2.15. The summed E-state index contributed by atoms with van der Waals surface area (Å²) in [6.07, 6.45) is 0. The zero-order valence-electron chi connectivity index (χ0n) is 9.17. The SMILES string of the molecule is CC(C)SCC(=O)c1ccc([N+](=O)[O-])cc1. The number of hydrogen-bond donors (Lipinski definition) is 0. The lowest BCUT2D eigenvalue weighted by atomic mass is 10.1. The number of hydrogen-bond acceptors (Lipinski definition) is 4. The number of carbonyl (C=O) groups excluding carboxylic acids is 1. The molecule has 86 valence electrons. The van der Waals surface area contributed by atoms with E-state index in [1.165, 1.54) is 24.3 Å². The molecule has 1 aromatic rings. The maximum absolute atomic E-state index is 11.6. The fourth-order valence-electron chi connectivity index (χ4n) is 1.09. The summed E-state index contributed by atoms with van der Waals surface area (Å²) in [5.74, 6) is 0.420. The molecule has 0 unspecified atom stereocenters. The van der Waals surface area contributed by atoms with Gasteiger partial charge in [0.1, 0.15) is 0 Å². The molecule has 0 fully saturated rings. The van der Waals surface area contributed by atoms with Gasteiger partial charge in [-0.25, -0.2) is 0 Å². The van der Waals surface area contributed by atoms with E-state index in [1.54, 1.807) is 11.8 Å². The number of thioether (sulfide) groups is 1. The Balaban J connectivity index is 2.67. The lowest BCUT2D eigenvalue weighted by Gasteiger charge is -2.03. The van der Waals surface area contributed by atoms with Crippen LogP contribution in [0.3, 0.4) is 0 Å². The molecule has 0 radical (unpaired) electrons. The fraction of sp³-hybridized carbons (Fsp3) is 0.364. The number of nitrogens with zero attached hydrogens (tertiary/aromatic N) is 1. The van der Waals surface area contributed by atoms with Crippen LogP contribution in [0.4, 0.5) is 5.69 Å². The molecule has 0 spiro atoms. The normalized spacial score (nSPS) is 10.4. The summed E-state index contributed by atoms with van der Waals surface area (Å²) in [6.45, 7) is 4.04.